The van der Waals surface area contributed by atoms with E-state index < -0.39 is 6.17 Å². The van der Waals surface area contributed by atoms with E-state index >= 15 is 0 Å². The van der Waals surface area contributed by atoms with E-state index in [1.165, 1.54) is 0 Å². The van der Waals surface area contributed by atoms with Gasteiger partial charge in [0.25, 0.3) is 0 Å². The van der Waals surface area contributed by atoms with Crippen molar-refractivity contribution in [2.75, 3.05) is 12.4 Å². The quantitative estimate of drug-likeness (QED) is 0.585. The zero-order valence-corrected chi connectivity index (χ0v) is 15.4. The molecule has 2 atom stereocenters. The minimum atomic E-state index is -0.882. The first kappa shape index (κ1) is 16.9. The van der Waals surface area contributed by atoms with Gasteiger partial charge in [-0.1, -0.05) is 12.8 Å². The van der Waals surface area contributed by atoms with Crippen LogP contribution in [-0.2, 0) is 0 Å². The Hall–Kier alpha value is -3.23. The van der Waals surface area contributed by atoms with Crippen molar-refractivity contribution in [3.63, 3.8) is 0 Å². The Morgan fingerprint density at radius 2 is 2.11 bits per heavy atom. The molecule has 0 radical (unpaired) electrons. The number of halogens is 1. The topological polar surface area (TPSA) is 81.6 Å². The second-order valence-corrected chi connectivity index (χ2v) is 7.00. The van der Waals surface area contributed by atoms with Crippen LogP contribution < -0.4 is 10.1 Å². The lowest BCUT2D eigenvalue weighted by Gasteiger charge is -2.26. The number of anilines is 1. The third kappa shape index (κ3) is 2.83. The highest BCUT2D eigenvalue weighted by Gasteiger charge is 2.26. The second kappa shape index (κ2) is 6.74. The van der Waals surface area contributed by atoms with Gasteiger partial charge in [-0.3, -0.25) is 4.40 Å². The molecule has 0 aliphatic heterocycles. The summed E-state index contributed by atoms with van der Waals surface area (Å²) in [6, 6.07) is 1.67. The fourth-order valence-electron chi connectivity index (χ4n) is 3.80. The van der Waals surface area contributed by atoms with Gasteiger partial charge in [0.1, 0.15) is 11.7 Å². The standard InChI is InChI=1S/C19H20FN7O/c1-28-17-16-13(12-10-22-19-21-7-9-26(19)11-12)6-8-27(16)25-18(24-17)23-15-5-3-2-4-14(15)20/h6-11,14-15H,2-5H2,1H3,(H,23,25)/t14-,15+/m0/s1. The highest BCUT2D eigenvalue weighted by Crippen LogP contribution is 2.31. The molecule has 0 spiro atoms. The molecule has 0 saturated heterocycles. The number of nitrogens with one attached hydrogen (secondary N) is 1. The average molecular weight is 381 g/mol. The van der Waals surface area contributed by atoms with Crippen molar-refractivity contribution in [3.05, 3.63) is 37.1 Å². The highest BCUT2D eigenvalue weighted by molar-refractivity contribution is 5.84. The van der Waals surface area contributed by atoms with Crippen molar-refractivity contribution in [3.8, 4) is 17.0 Å². The maximum atomic E-state index is 14.2. The van der Waals surface area contributed by atoms with Gasteiger partial charge in [0.2, 0.25) is 17.6 Å². The number of fused-ring (bicyclic) bond motifs is 2. The van der Waals surface area contributed by atoms with Gasteiger partial charge in [-0.15, -0.1) is 5.10 Å². The van der Waals surface area contributed by atoms with Gasteiger partial charge >= 0.3 is 0 Å². The molecule has 1 aliphatic rings. The SMILES string of the molecule is COc1nc(N[C@@H]2CCCC[C@@H]2F)nn2ccc(-c3cnc4nccn4c3)c12. The van der Waals surface area contributed by atoms with Crippen LogP contribution in [0.15, 0.2) is 37.1 Å². The van der Waals surface area contributed by atoms with Crippen molar-refractivity contribution in [1.29, 1.82) is 0 Å². The second-order valence-electron chi connectivity index (χ2n) is 7.00. The molecule has 4 aromatic rings. The van der Waals surface area contributed by atoms with Crippen molar-refractivity contribution < 1.29 is 9.13 Å². The summed E-state index contributed by atoms with van der Waals surface area (Å²) in [5.41, 5.74) is 2.52. The molecule has 0 aromatic carbocycles. The predicted molar refractivity (Wildman–Crippen MR) is 102 cm³/mol. The van der Waals surface area contributed by atoms with Crippen molar-refractivity contribution >= 4 is 17.2 Å². The molecule has 0 amide bonds. The first-order chi connectivity index (χ1) is 13.7. The van der Waals surface area contributed by atoms with E-state index in [4.69, 9.17) is 4.74 Å². The summed E-state index contributed by atoms with van der Waals surface area (Å²) in [5.74, 6) is 1.42. The lowest BCUT2D eigenvalue weighted by atomic mass is 9.94. The Morgan fingerprint density at radius 3 is 2.96 bits per heavy atom. The lowest BCUT2D eigenvalue weighted by molar-refractivity contribution is 0.229. The Bertz CT molecular complexity index is 1140. The number of nitrogens with zero attached hydrogens (tertiary/aromatic N) is 6. The number of methoxy groups -OCH3 is 1. The Kier molecular flexibility index (Phi) is 4.07. The van der Waals surface area contributed by atoms with Crippen LogP contribution in [0.25, 0.3) is 22.4 Å². The van der Waals surface area contributed by atoms with E-state index in [2.05, 4.69) is 25.4 Å². The zero-order valence-electron chi connectivity index (χ0n) is 15.4. The third-order valence-electron chi connectivity index (χ3n) is 5.23. The Morgan fingerprint density at radius 1 is 1.21 bits per heavy atom. The molecule has 8 nitrogen and oxygen atoms in total. The van der Waals surface area contributed by atoms with Crippen LogP contribution in [0.3, 0.4) is 0 Å². The maximum absolute atomic E-state index is 14.2. The highest BCUT2D eigenvalue weighted by atomic mass is 19.1. The van der Waals surface area contributed by atoms with E-state index in [0.717, 1.165) is 35.9 Å². The number of aromatic nitrogens is 6. The molecule has 1 N–H and O–H groups in total. The van der Waals surface area contributed by atoms with Gasteiger partial charge in [0.15, 0.2) is 0 Å². The lowest BCUT2D eigenvalue weighted by Crippen LogP contribution is -2.34. The van der Waals surface area contributed by atoms with Crippen LogP contribution in [0.2, 0.25) is 0 Å². The number of alkyl halides is 1. The fraction of sp³-hybridized carbons (Fsp3) is 0.368. The van der Waals surface area contributed by atoms with Gasteiger partial charge in [0, 0.05) is 42.1 Å². The molecule has 9 heteroatoms. The molecule has 28 heavy (non-hydrogen) atoms. The number of imidazole rings is 1. The van der Waals surface area contributed by atoms with Gasteiger partial charge in [0.05, 0.1) is 13.2 Å². The van der Waals surface area contributed by atoms with Crippen LogP contribution in [-0.4, -0.2) is 48.3 Å². The summed E-state index contributed by atoms with van der Waals surface area (Å²) < 4.78 is 23.3. The molecular weight excluding hydrogens is 361 g/mol. The van der Waals surface area contributed by atoms with E-state index in [9.17, 15) is 4.39 Å². The van der Waals surface area contributed by atoms with Crippen LogP contribution in [0, 0.1) is 0 Å². The molecule has 0 bridgehead atoms. The zero-order chi connectivity index (χ0) is 19.1. The molecule has 0 unspecified atom stereocenters. The third-order valence-corrected chi connectivity index (χ3v) is 5.23. The molecule has 5 rings (SSSR count). The minimum absolute atomic E-state index is 0.265. The summed E-state index contributed by atoms with van der Waals surface area (Å²) >= 11 is 0. The van der Waals surface area contributed by atoms with Crippen molar-refractivity contribution in [2.24, 2.45) is 0 Å². The summed E-state index contributed by atoms with van der Waals surface area (Å²) in [5, 5.41) is 7.66. The van der Waals surface area contributed by atoms with Gasteiger partial charge in [-0.2, -0.15) is 4.98 Å². The largest absolute Gasteiger partial charge is 0.479 e. The molecule has 4 aromatic heterocycles. The first-order valence-electron chi connectivity index (χ1n) is 9.36. The molecule has 4 heterocycles. The summed E-state index contributed by atoms with van der Waals surface area (Å²) in [4.78, 5) is 13.0. The van der Waals surface area contributed by atoms with Crippen LogP contribution in [0.4, 0.5) is 10.3 Å². The molecule has 1 fully saturated rings. The van der Waals surface area contributed by atoms with E-state index in [-0.39, 0.29) is 6.04 Å². The summed E-state index contributed by atoms with van der Waals surface area (Å²) in [6.45, 7) is 0. The average Bonchev–Trinajstić information content (AvgIpc) is 3.35. The molecule has 1 aliphatic carbocycles. The Labute approximate surface area is 160 Å². The van der Waals surface area contributed by atoms with Crippen LogP contribution in [0.5, 0.6) is 5.88 Å². The maximum Gasteiger partial charge on any atom is 0.244 e. The first-order valence-corrected chi connectivity index (χ1v) is 9.36. The molecule has 1 saturated carbocycles. The van der Waals surface area contributed by atoms with Gasteiger partial charge in [-0.25, -0.2) is 18.9 Å². The van der Waals surface area contributed by atoms with Crippen molar-refractivity contribution in [2.45, 2.75) is 37.9 Å². The summed E-state index contributed by atoms with van der Waals surface area (Å²) in [7, 11) is 1.57. The smallest absolute Gasteiger partial charge is 0.244 e. The van der Waals surface area contributed by atoms with E-state index in [1.807, 2.05) is 29.1 Å². The number of hydrogen-bond donors (Lipinski definition) is 1. The van der Waals surface area contributed by atoms with Crippen LogP contribution in [0.1, 0.15) is 25.7 Å². The van der Waals surface area contributed by atoms with Crippen LogP contribution >= 0.6 is 0 Å². The summed E-state index contributed by atoms with van der Waals surface area (Å²) in [6.07, 6.45) is 11.5. The predicted octanol–water partition coefficient (Wildman–Crippen LogP) is 3.14. The van der Waals surface area contributed by atoms with E-state index in [1.54, 1.807) is 24.0 Å². The minimum Gasteiger partial charge on any atom is -0.479 e. The number of hydrogen-bond acceptors (Lipinski definition) is 6. The number of rotatable bonds is 4. The van der Waals surface area contributed by atoms with Gasteiger partial charge in [-0.05, 0) is 18.9 Å². The number of ether oxygens (including phenoxy) is 1. The fourth-order valence-corrected chi connectivity index (χ4v) is 3.80. The normalized spacial score (nSPS) is 19.9. The Balaban J connectivity index is 1.55. The monoisotopic (exact) mass is 381 g/mol. The van der Waals surface area contributed by atoms with Crippen molar-refractivity contribution in [1.82, 2.24) is 29.0 Å². The molecule has 144 valence electrons. The molecular formula is C19H20FN7O. The van der Waals surface area contributed by atoms with E-state index in [0.29, 0.717) is 24.0 Å². The van der Waals surface area contributed by atoms with Gasteiger partial charge < -0.3 is 10.1 Å².